The largest absolute Gasteiger partial charge is 0.465 e. The van der Waals surface area contributed by atoms with E-state index in [4.69, 9.17) is 9.47 Å². The second-order valence-corrected chi connectivity index (χ2v) is 14.9. The van der Waals surface area contributed by atoms with Crippen molar-refractivity contribution in [3.05, 3.63) is 51.1 Å². The van der Waals surface area contributed by atoms with Gasteiger partial charge in [0, 0.05) is 73.4 Å². The summed E-state index contributed by atoms with van der Waals surface area (Å²) < 4.78 is 36.5. The first-order valence-corrected chi connectivity index (χ1v) is 16.8. The molecule has 0 saturated heterocycles. The molecular formula is C31H39N5O8S. The van der Waals surface area contributed by atoms with Crippen LogP contribution in [0.15, 0.2) is 23.1 Å². The van der Waals surface area contributed by atoms with E-state index in [0.29, 0.717) is 40.2 Å². The molecule has 2 amide bonds. The lowest BCUT2D eigenvalue weighted by Gasteiger charge is -2.27. The summed E-state index contributed by atoms with van der Waals surface area (Å²) >= 11 is 0. The molecule has 5 rings (SSSR count). The highest BCUT2D eigenvalue weighted by Gasteiger charge is 2.34. The zero-order valence-electron chi connectivity index (χ0n) is 26.3. The molecule has 3 heterocycles. The van der Waals surface area contributed by atoms with E-state index in [1.807, 2.05) is 0 Å². The van der Waals surface area contributed by atoms with E-state index in [1.54, 1.807) is 46.1 Å². The molecule has 2 aromatic heterocycles. The van der Waals surface area contributed by atoms with Crippen molar-refractivity contribution in [2.24, 2.45) is 13.0 Å². The van der Waals surface area contributed by atoms with Gasteiger partial charge in [-0.25, -0.2) is 18.0 Å². The number of aryl methyl sites for hydroxylation is 1. The number of sulfone groups is 1. The van der Waals surface area contributed by atoms with Crippen LogP contribution >= 0.6 is 0 Å². The Hall–Kier alpha value is -4.33. The number of alkyl carbamates (subject to hydrolysis) is 1. The van der Waals surface area contributed by atoms with Gasteiger partial charge >= 0.3 is 12.1 Å². The lowest BCUT2D eigenvalue weighted by atomic mass is 9.96. The molecule has 0 atom stereocenters. The number of H-pyrrole nitrogens is 1. The van der Waals surface area contributed by atoms with Crippen LogP contribution in [0.5, 0.6) is 0 Å². The van der Waals surface area contributed by atoms with Crippen LogP contribution in [0.1, 0.15) is 65.6 Å². The van der Waals surface area contributed by atoms with Gasteiger partial charge in [-0.2, -0.15) is 0 Å². The van der Waals surface area contributed by atoms with Crippen LogP contribution in [0.4, 0.5) is 10.5 Å². The number of hydrogen-bond donors (Lipinski definition) is 3. The number of fused-ring (bicyclic) bond motifs is 2. The number of aromatic nitrogens is 2. The monoisotopic (exact) mass is 641 g/mol. The number of benzene rings is 1. The van der Waals surface area contributed by atoms with Gasteiger partial charge in [-0.15, -0.1) is 0 Å². The molecule has 1 saturated carbocycles. The Morgan fingerprint density at radius 1 is 1.09 bits per heavy atom. The number of rotatable bonds is 9. The summed E-state index contributed by atoms with van der Waals surface area (Å²) in [6, 6.07) is 3.35. The Balaban J connectivity index is 1.60. The third-order valence-corrected chi connectivity index (χ3v) is 8.57. The van der Waals surface area contributed by atoms with Gasteiger partial charge in [-0.05, 0) is 57.2 Å². The van der Waals surface area contributed by atoms with Crippen molar-refractivity contribution in [3.8, 4) is 11.1 Å². The predicted octanol–water partition coefficient (Wildman–Crippen LogP) is 2.85. The zero-order valence-corrected chi connectivity index (χ0v) is 27.1. The Labute approximate surface area is 261 Å². The molecule has 242 valence electrons. The molecule has 0 spiro atoms. The maximum atomic E-state index is 13.6. The van der Waals surface area contributed by atoms with Gasteiger partial charge in [0.1, 0.15) is 16.8 Å². The van der Waals surface area contributed by atoms with Gasteiger partial charge in [0.25, 0.3) is 11.5 Å². The highest BCUT2D eigenvalue weighted by Crippen LogP contribution is 2.44. The average Bonchev–Trinajstić information content (AvgIpc) is 3.69. The smallest absolute Gasteiger partial charge is 0.407 e. The highest BCUT2D eigenvalue weighted by molar-refractivity contribution is 7.89. The summed E-state index contributed by atoms with van der Waals surface area (Å²) in [6.45, 7) is 6.40. The second-order valence-electron chi connectivity index (χ2n) is 12.8. The number of carbonyl (C=O) groups is 3. The number of methoxy groups -OCH3 is 1. The molecular weight excluding hydrogens is 602 g/mol. The first kappa shape index (κ1) is 32.1. The number of aromatic amines is 1. The van der Waals surface area contributed by atoms with E-state index in [9.17, 15) is 27.6 Å². The van der Waals surface area contributed by atoms with Crippen LogP contribution in [0.2, 0.25) is 0 Å². The molecule has 1 fully saturated rings. The maximum Gasteiger partial charge on any atom is 0.407 e. The molecule has 1 aromatic carbocycles. The molecule has 0 unspecified atom stereocenters. The highest BCUT2D eigenvalue weighted by atomic mass is 32.2. The number of nitrogens with zero attached hydrogens (tertiary/aromatic N) is 2. The Morgan fingerprint density at radius 3 is 2.40 bits per heavy atom. The quantitative estimate of drug-likeness (QED) is 0.235. The van der Waals surface area contributed by atoms with Crippen LogP contribution in [0, 0.1) is 5.92 Å². The van der Waals surface area contributed by atoms with E-state index < -0.39 is 33.4 Å². The van der Waals surface area contributed by atoms with Crippen molar-refractivity contribution in [1.29, 1.82) is 0 Å². The fourth-order valence-corrected chi connectivity index (χ4v) is 6.46. The van der Waals surface area contributed by atoms with Crippen molar-refractivity contribution < 1.29 is 32.3 Å². The van der Waals surface area contributed by atoms with Crippen LogP contribution in [-0.4, -0.2) is 74.5 Å². The number of carbonyl (C=O) groups excluding carboxylic acids is 3. The summed E-state index contributed by atoms with van der Waals surface area (Å²) in [5.74, 6) is -1.08. The summed E-state index contributed by atoms with van der Waals surface area (Å²) in [6.07, 6.45) is 4.25. The van der Waals surface area contributed by atoms with Crippen LogP contribution < -0.4 is 21.1 Å². The molecule has 0 bridgehead atoms. The second kappa shape index (κ2) is 11.9. The lowest BCUT2D eigenvalue weighted by molar-refractivity contribution is 0.0525. The van der Waals surface area contributed by atoms with E-state index in [2.05, 4.69) is 20.5 Å². The van der Waals surface area contributed by atoms with E-state index in [1.165, 1.54) is 11.7 Å². The summed E-state index contributed by atoms with van der Waals surface area (Å²) in [4.78, 5) is 57.0. The Bertz CT molecular complexity index is 1860. The topological polar surface area (TPSA) is 169 Å². The van der Waals surface area contributed by atoms with Crippen molar-refractivity contribution in [2.45, 2.75) is 51.5 Å². The number of esters is 1. The number of pyridine rings is 1. The summed E-state index contributed by atoms with van der Waals surface area (Å²) in [7, 11) is -0.678. The molecule has 45 heavy (non-hydrogen) atoms. The standard InChI is InChI=1S/C31H39N5O8S/c1-31(2,3)44-30(40)33-10-9-32-27(37)25-22-15-36(13-17-7-8-17)23-12-19(29(39)43-5)18(16-45(6,41)42)11-20(23)21-14-35(4)28(38)26(34-25)24(21)22/h11-12,14,17,34H,7-10,13,15-16H2,1-6H3,(H,32,37)(H,33,40). The molecule has 0 radical (unpaired) electrons. The van der Waals surface area contributed by atoms with Gasteiger partial charge in [0.05, 0.1) is 18.4 Å². The van der Waals surface area contributed by atoms with Gasteiger partial charge in [-0.3, -0.25) is 9.59 Å². The third-order valence-electron chi connectivity index (χ3n) is 7.74. The first-order chi connectivity index (χ1) is 21.1. The third kappa shape index (κ3) is 7.00. The number of amides is 2. The molecule has 14 heteroatoms. The number of nitrogens with one attached hydrogen (secondary N) is 3. The molecule has 2 aliphatic rings. The van der Waals surface area contributed by atoms with E-state index in [0.717, 1.165) is 19.1 Å². The SMILES string of the molecule is COC(=O)c1cc2c(cc1CS(C)(=O)=O)-c1cn(C)c(=O)c3[nH]c(C(=O)NCCNC(=O)OC(C)(C)C)c(c13)CN2CC1CC1. The first-order valence-electron chi connectivity index (χ1n) is 14.7. The lowest BCUT2D eigenvalue weighted by Crippen LogP contribution is -2.38. The molecule has 1 aliphatic carbocycles. The fourth-order valence-electron chi connectivity index (χ4n) is 5.65. The molecule has 3 N–H and O–H groups in total. The van der Waals surface area contributed by atoms with Crippen molar-refractivity contribution in [1.82, 2.24) is 20.2 Å². The molecule has 13 nitrogen and oxygen atoms in total. The van der Waals surface area contributed by atoms with Crippen molar-refractivity contribution >= 4 is 44.4 Å². The minimum atomic E-state index is -3.53. The van der Waals surface area contributed by atoms with Gasteiger partial charge in [-0.1, -0.05) is 0 Å². The van der Waals surface area contributed by atoms with E-state index >= 15 is 0 Å². The molecule has 3 aromatic rings. The van der Waals surface area contributed by atoms with Gasteiger partial charge in [0.15, 0.2) is 9.84 Å². The minimum Gasteiger partial charge on any atom is -0.465 e. The average molecular weight is 642 g/mol. The number of ether oxygens (including phenoxy) is 2. The number of anilines is 1. The Morgan fingerprint density at radius 2 is 1.78 bits per heavy atom. The van der Waals surface area contributed by atoms with Crippen molar-refractivity contribution in [2.75, 3.05) is 37.9 Å². The van der Waals surface area contributed by atoms with E-state index in [-0.39, 0.29) is 53.3 Å². The van der Waals surface area contributed by atoms with Gasteiger partial charge in [0.2, 0.25) is 0 Å². The normalized spacial score (nSPS) is 14.5. The van der Waals surface area contributed by atoms with Crippen LogP contribution in [0.3, 0.4) is 0 Å². The molecule has 1 aliphatic heterocycles. The zero-order chi connectivity index (χ0) is 32.8. The van der Waals surface area contributed by atoms with Crippen molar-refractivity contribution in [3.63, 3.8) is 0 Å². The Kier molecular flexibility index (Phi) is 8.47. The van der Waals surface area contributed by atoms with Crippen LogP contribution in [0.25, 0.3) is 22.0 Å². The minimum absolute atomic E-state index is 0.112. The number of hydrogen-bond acceptors (Lipinski definition) is 9. The summed E-state index contributed by atoms with van der Waals surface area (Å²) in [5, 5.41) is 5.98. The summed E-state index contributed by atoms with van der Waals surface area (Å²) in [5.41, 5.74) is 2.46. The predicted molar refractivity (Wildman–Crippen MR) is 169 cm³/mol. The van der Waals surface area contributed by atoms with Gasteiger partial charge < -0.3 is 34.6 Å². The maximum absolute atomic E-state index is 13.6. The fraction of sp³-hybridized carbons (Fsp3) is 0.484. The van der Waals surface area contributed by atoms with Crippen LogP contribution in [-0.2, 0) is 38.7 Å².